The van der Waals surface area contributed by atoms with Crippen LogP contribution in [0.4, 0.5) is 5.00 Å². The maximum absolute atomic E-state index is 12.4. The molecule has 1 amide bonds. The maximum Gasteiger partial charge on any atom is 0.276 e. The van der Waals surface area contributed by atoms with Crippen LogP contribution in [-0.2, 0) is 6.61 Å². The summed E-state index contributed by atoms with van der Waals surface area (Å²) in [4.78, 5) is 16.8. The van der Waals surface area contributed by atoms with Crippen molar-refractivity contribution in [1.29, 1.82) is 0 Å². The molecule has 0 aliphatic carbocycles. The molecule has 0 saturated carbocycles. The first kappa shape index (κ1) is 16.4. The molecule has 0 radical (unpaired) electrons. The van der Waals surface area contributed by atoms with E-state index in [2.05, 4.69) is 14.7 Å². The van der Waals surface area contributed by atoms with Crippen LogP contribution in [0.15, 0.2) is 54.9 Å². The first-order chi connectivity index (χ1) is 12.6. The molecule has 130 valence electrons. The molecule has 3 aromatic heterocycles. The largest absolute Gasteiger partial charge is 0.392 e. The number of carbonyl (C=O) groups is 1. The number of rotatable bonds is 4. The lowest BCUT2D eigenvalue weighted by atomic mass is 10.1. The summed E-state index contributed by atoms with van der Waals surface area (Å²) in [6, 6.07) is 13.4. The van der Waals surface area contributed by atoms with E-state index in [1.54, 1.807) is 6.20 Å². The average molecular weight is 364 g/mol. The fourth-order valence-electron chi connectivity index (χ4n) is 2.72. The first-order valence-electron chi connectivity index (χ1n) is 8.06. The van der Waals surface area contributed by atoms with Gasteiger partial charge in [-0.2, -0.15) is 4.37 Å². The van der Waals surface area contributed by atoms with Gasteiger partial charge in [0.05, 0.1) is 12.3 Å². The Hall–Kier alpha value is -3.03. The van der Waals surface area contributed by atoms with Gasteiger partial charge in [0.15, 0.2) is 0 Å². The highest BCUT2D eigenvalue weighted by atomic mass is 32.1. The smallest absolute Gasteiger partial charge is 0.276 e. The van der Waals surface area contributed by atoms with Crippen LogP contribution in [0, 0.1) is 6.92 Å². The molecule has 0 saturated heterocycles. The van der Waals surface area contributed by atoms with Gasteiger partial charge in [0.1, 0.15) is 16.3 Å². The number of fused-ring (bicyclic) bond motifs is 1. The lowest BCUT2D eigenvalue weighted by molar-refractivity contribution is 0.102. The fraction of sp³-hybridized carbons (Fsp3) is 0.105. The van der Waals surface area contributed by atoms with E-state index < -0.39 is 0 Å². The lowest BCUT2D eigenvalue weighted by Crippen LogP contribution is -2.11. The molecule has 0 aliphatic rings. The number of nitrogens with one attached hydrogen (secondary N) is 1. The SMILES string of the molecule is Cc1cc(NC(=O)c2cn3cc(-c4cccc(CO)c4)ccc3n2)sn1. The van der Waals surface area contributed by atoms with E-state index in [1.165, 1.54) is 11.5 Å². The van der Waals surface area contributed by atoms with E-state index in [1.807, 2.05) is 60.0 Å². The molecule has 4 rings (SSSR count). The average Bonchev–Trinajstić information content (AvgIpc) is 3.27. The maximum atomic E-state index is 12.4. The van der Waals surface area contributed by atoms with Crippen molar-refractivity contribution >= 4 is 28.1 Å². The number of imidazole rings is 1. The van der Waals surface area contributed by atoms with E-state index in [0.717, 1.165) is 22.4 Å². The number of anilines is 1. The van der Waals surface area contributed by atoms with Gasteiger partial charge in [-0.1, -0.05) is 18.2 Å². The van der Waals surface area contributed by atoms with Crippen molar-refractivity contribution in [3.63, 3.8) is 0 Å². The Balaban J connectivity index is 1.64. The highest BCUT2D eigenvalue weighted by Crippen LogP contribution is 2.22. The van der Waals surface area contributed by atoms with Crippen LogP contribution < -0.4 is 5.32 Å². The monoisotopic (exact) mass is 364 g/mol. The van der Waals surface area contributed by atoms with Crippen molar-refractivity contribution in [2.75, 3.05) is 5.32 Å². The van der Waals surface area contributed by atoms with Gasteiger partial charge in [0.25, 0.3) is 5.91 Å². The summed E-state index contributed by atoms with van der Waals surface area (Å²) in [6.07, 6.45) is 3.63. The Labute approximate surface area is 153 Å². The zero-order chi connectivity index (χ0) is 18.1. The van der Waals surface area contributed by atoms with Crippen molar-refractivity contribution in [2.24, 2.45) is 0 Å². The Morgan fingerprint density at radius 2 is 2.08 bits per heavy atom. The van der Waals surface area contributed by atoms with E-state index in [9.17, 15) is 9.90 Å². The molecule has 0 fully saturated rings. The Bertz CT molecular complexity index is 1100. The summed E-state index contributed by atoms with van der Waals surface area (Å²) in [7, 11) is 0. The van der Waals surface area contributed by atoms with Crippen LogP contribution in [0.25, 0.3) is 16.8 Å². The molecular weight excluding hydrogens is 348 g/mol. The van der Waals surface area contributed by atoms with Crippen LogP contribution in [0.2, 0.25) is 0 Å². The summed E-state index contributed by atoms with van der Waals surface area (Å²) in [5.74, 6) is -0.263. The Kier molecular flexibility index (Phi) is 4.24. The molecule has 26 heavy (non-hydrogen) atoms. The third-order valence-corrected chi connectivity index (χ3v) is 4.79. The van der Waals surface area contributed by atoms with Gasteiger partial charge in [0.2, 0.25) is 0 Å². The number of aliphatic hydroxyl groups is 1. The second-order valence-corrected chi connectivity index (χ2v) is 6.76. The molecule has 0 spiro atoms. The van der Waals surface area contributed by atoms with E-state index in [-0.39, 0.29) is 12.5 Å². The molecular formula is C19H16N4O2S. The van der Waals surface area contributed by atoms with Crippen LogP contribution >= 0.6 is 11.5 Å². The molecule has 7 heteroatoms. The standard InChI is InChI=1S/C19H16N4O2S/c1-12-7-18(26-22-12)21-19(25)16-10-23-9-15(5-6-17(23)20-16)14-4-2-3-13(8-14)11-24/h2-10,24H,11H2,1H3,(H,21,25). The normalized spacial score (nSPS) is 11.0. The van der Waals surface area contributed by atoms with Crippen molar-refractivity contribution in [2.45, 2.75) is 13.5 Å². The van der Waals surface area contributed by atoms with Crippen LogP contribution in [0.3, 0.4) is 0 Å². The Morgan fingerprint density at radius 1 is 1.19 bits per heavy atom. The van der Waals surface area contributed by atoms with Gasteiger partial charge in [-0.25, -0.2) is 4.98 Å². The van der Waals surface area contributed by atoms with E-state index in [4.69, 9.17) is 0 Å². The fourth-order valence-corrected chi connectivity index (χ4v) is 3.38. The number of carbonyl (C=O) groups excluding carboxylic acids is 1. The molecule has 0 bridgehead atoms. The summed E-state index contributed by atoms with van der Waals surface area (Å²) >= 11 is 1.25. The topological polar surface area (TPSA) is 79.5 Å². The molecule has 0 aliphatic heterocycles. The van der Waals surface area contributed by atoms with Crippen LogP contribution in [-0.4, -0.2) is 24.8 Å². The summed E-state index contributed by atoms with van der Waals surface area (Å²) in [6.45, 7) is 1.88. The molecule has 6 nitrogen and oxygen atoms in total. The molecule has 0 atom stereocenters. The van der Waals surface area contributed by atoms with Gasteiger partial charge in [-0.3, -0.25) is 4.79 Å². The highest BCUT2D eigenvalue weighted by molar-refractivity contribution is 7.10. The molecule has 0 unspecified atom stereocenters. The van der Waals surface area contributed by atoms with Gasteiger partial charge in [0, 0.05) is 12.4 Å². The summed E-state index contributed by atoms with van der Waals surface area (Å²) in [5, 5.41) is 12.8. The number of nitrogens with zero attached hydrogens (tertiary/aromatic N) is 3. The lowest BCUT2D eigenvalue weighted by Gasteiger charge is -2.04. The van der Waals surface area contributed by atoms with Crippen LogP contribution in [0.1, 0.15) is 21.7 Å². The number of benzene rings is 1. The number of aliphatic hydroxyl groups excluding tert-OH is 1. The number of hydrogen-bond donors (Lipinski definition) is 2. The van der Waals surface area contributed by atoms with Gasteiger partial charge in [-0.05, 0) is 59.4 Å². The Morgan fingerprint density at radius 3 is 2.85 bits per heavy atom. The van der Waals surface area contributed by atoms with E-state index >= 15 is 0 Å². The highest BCUT2D eigenvalue weighted by Gasteiger charge is 2.13. The van der Waals surface area contributed by atoms with Crippen molar-refractivity contribution in [1.82, 2.24) is 13.8 Å². The zero-order valence-corrected chi connectivity index (χ0v) is 14.8. The number of amides is 1. The van der Waals surface area contributed by atoms with Crippen molar-refractivity contribution < 1.29 is 9.90 Å². The van der Waals surface area contributed by atoms with E-state index in [0.29, 0.717) is 16.3 Å². The predicted octanol–water partition coefficient (Wildman–Crippen LogP) is 3.51. The van der Waals surface area contributed by atoms with Gasteiger partial charge < -0.3 is 14.8 Å². The molecule has 3 heterocycles. The molecule has 4 aromatic rings. The number of aromatic nitrogens is 3. The zero-order valence-electron chi connectivity index (χ0n) is 14.0. The first-order valence-corrected chi connectivity index (χ1v) is 8.83. The molecule has 1 aromatic carbocycles. The van der Waals surface area contributed by atoms with Gasteiger partial charge >= 0.3 is 0 Å². The second-order valence-electron chi connectivity index (χ2n) is 5.95. The number of aryl methyl sites for hydroxylation is 1. The minimum Gasteiger partial charge on any atom is -0.392 e. The van der Waals surface area contributed by atoms with Crippen LogP contribution in [0.5, 0.6) is 0 Å². The second kappa shape index (κ2) is 6.70. The van der Waals surface area contributed by atoms with Crippen molar-refractivity contribution in [3.8, 4) is 11.1 Å². The summed E-state index contributed by atoms with van der Waals surface area (Å²) in [5.41, 5.74) is 4.74. The molecule has 2 N–H and O–H groups in total. The van der Waals surface area contributed by atoms with Gasteiger partial charge in [-0.15, -0.1) is 0 Å². The quantitative estimate of drug-likeness (QED) is 0.581. The third-order valence-electron chi connectivity index (χ3n) is 3.99. The minimum atomic E-state index is -0.263. The third kappa shape index (κ3) is 3.22. The number of hydrogen-bond acceptors (Lipinski definition) is 5. The predicted molar refractivity (Wildman–Crippen MR) is 101 cm³/mol. The summed E-state index contributed by atoms with van der Waals surface area (Å²) < 4.78 is 5.98. The minimum absolute atomic E-state index is 0.00251. The van der Waals surface area contributed by atoms with Crippen molar-refractivity contribution in [3.05, 3.63) is 71.8 Å². The number of pyridine rings is 1.